The van der Waals surface area contributed by atoms with Crippen molar-refractivity contribution in [3.05, 3.63) is 71.2 Å². The number of halogens is 1. The molecule has 21 heavy (non-hydrogen) atoms. The van der Waals surface area contributed by atoms with Crippen molar-refractivity contribution in [3.8, 4) is 0 Å². The molecule has 1 aromatic heterocycles. The summed E-state index contributed by atoms with van der Waals surface area (Å²) in [6.07, 6.45) is 2.31. The fourth-order valence-corrected chi connectivity index (χ4v) is 2.61. The highest BCUT2D eigenvalue weighted by Crippen LogP contribution is 2.28. The van der Waals surface area contributed by atoms with E-state index in [1.165, 1.54) is 6.07 Å². The van der Waals surface area contributed by atoms with Crippen LogP contribution in [0.3, 0.4) is 0 Å². The van der Waals surface area contributed by atoms with Gasteiger partial charge in [-0.3, -0.25) is 11.3 Å². The number of rotatable bonds is 4. The average molecular weight is 284 g/mol. The zero-order chi connectivity index (χ0) is 14.8. The van der Waals surface area contributed by atoms with E-state index in [1.54, 1.807) is 18.4 Å². The van der Waals surface area contributed by atoms with Crippen LogP contribution in [-0.4, -0.2) is 0 Å². The third-order valence-corrected chi connectivity index (χ3v) is 3.82. The van der Waals surface area contributed by atoms with Gasteiger partial charge in [-0.25, -0.2) is 4.39 Å². The lowest BCUT2D eigenvalue weighted by molar-refractivity contribution is 0.533. The summed E-state index contributed by atoms with van der Waals surface area (Å²) < 4.78 is 19.0. The summed E-state index contributed by atoms with van der Waals surface area (Å²) in [5.74, 6) is 5.47. The Labute approximate surface area is 122 Å². The molecule has 0 saturated heterocycles. The van der Waals surface area contributed by atoms with Gasteiger partial charge in [-0.1, -0.05) is 24.3 Å². The molecule has 3 rings (SSSR count). The molecule has 0 radical (unpaired) electrons. The Morgan fingerprint density at radius 2 is 2.05 bits per heavy atom. The summed E-state index contributed by atoms with van der Waals surface area (Å²) in [6.45, 7) is 1.97. The van der Waals surface area contributed by atoms with Crippen LogP contribution in [0.2, 0.25) is 0 Å². The zero-order valence-corrected chi connectivity index (χ0v) is 11.8. The number of hydrazine groups is 1. The second-order valence-electron chi connectivity index (χ2n) is 5.18. The monoisotopic (exact) mass is 284 g/mol. The van der Waals surface area contributed by atoms with Gasteiger partial charge in [-0.2, -0.15) is 0 Å². The Morgan fingerprint density at radius 1 is 1.24 bits per heavy atom. The number of furan rings is 1. The minimum atomic E-state index is -0.233. The van der Waals surface area contributed by atoms with Gasteiger partial charge in [0.2, 0.25) is 0 Å². The fraction of sp³-hybridized carbons (Fsp3) is 0.176. The third-order valence-electron chi connectivity index (χ3n) is 3.82. The summed E-state index contributed by atoms with van der Waals surface area (Å²) in [6, 6.07) is 12.5. The highest BCUT2D eigenvalue weighted by atomic mass is 19.1. The fourth-order valence-electron chi connectivity index (χ4n) is 2.61. The van der Waals surface area contributed by atoms with E-state index in [4.69, 9.17) is 10.3 Å². The van der Waals surface area contributed by atoms with E-state index in [-0.39, 0.29) is 11.9 Å². The first-order chi connectivity index (χ1) is 10.2. The molecule has 1 atom stereocenters. The van der Waals surface area contributed by atoms with Gasteiger partial charge >= 0.3 is 0 Å². The van der Waals surface area contributed by atoms with E-state index in [1.807, 2.05) is 31.2 Å². The van der Waals surface area contributed by atoms with Crippen LogP contribution >= 0.6 is 0 Å². The summed E-state index contributed by atoms with van der Waals surface area (Å²) in [5, 5.41) is 1.02. The molecule has 0 fully saturated rings. The van der Waals surface area contributed by atoms with Crippen molar-refractivity contribution in [1.82, 2.24) is 5.43 Å². The van der Waals surface area contributed by atoms with E-state index in [0.29, 0.717) is 6.42 Å². The molecule has 108 valence electrons. The summed E-state index contributed by atoms with van der Waals surface area (Å²) >= 11 is 0. The van der Waals surface area contributed by atoms with Crippen molar-refractivity contribution in [3.63, 3.8) is 0 Å². The van der Waals surface area contributed by atoms with Crippen LogP contribution in [0.1, 0.15) is 22.7 Å². The molecule has 0 aliphatic rings. The van der Waals surface area contributed by atoms with Crippen molar-refractivity contribution in [1.29, 1.82) is 0 Å². The minimum absolute atomic E-state index is 0.130. The van der Waals surface area contributed by atoms with Crippen LogP contribution in [0.25, 0.3) is 11.0 Å². The molecule has 3 aromatic rings. The Balaban J connectivity index is 1.97. The molecule has 0 bridgehead atoms. The molecule has 0 aliphatic heterocycles. The van der Waals surface area contributed by atoms with E-state index in [9.17, 15) is 4.39 Å². The van der Waals surface area contributed by atoms with Crippen LogP contribution in [0.15, 0.2) is 53.1 Å². The maximum Gasteiger partial charge on any atom is 0.134 e. The van der Waals surface area contributed by atoms with Crippen LogP contribution < -0.4 is 11.3 Å². The van der Waals surface area contributed by atoms with Gasteiger partial charge in [-0.15, -0.1) is 0 Å². The molecule has 4 heteroatoms. The molecule has 3 nitrogen and oxygen atoms in total. The summed E-state index contributed by atoms with van der Waals surface area (Å²) in [7, 11) is 0. The third kappa shape index (κ3) is 2.68. The number of nitrogens with one attached hydrogen (secondary N) is 1. The minimum Gasteiger partial charge on any atom is -0.464 e. The second kappa shape index (κ2) is 5.68. The summed E-state index contributed by atoms with van der Waals surface area (Å²) in [4.78, 5) is 0. The zero-order valence-electron chi connectivity index (χ0n) is 11.8. The van der Waals surface area contributed by atoms with Crippen molar-refractivity contribution >= 4 is 11.0 Å². The van der Waals surface area contributed by atoms with Gasteiger partial charge in [0.15, 0.2) is 0 Å². The van der Waals surface area contributed by atoms with E-state index in [2.05, 4.69) is 5.43 Å². The number of aryl methyl sites for hydroxylation is 1. The first kappa shape index (κ1) is 13.8. The standard InChI is InChI=1S/C17H17FN2O/c1-11-6-7-13(18)8-12(11)9-16(20-19)15-10-21-17-5-3-2-4-14(15)17/h2-8,10,16,20H,9,19H2,1H3. The number of benzene rings is 2. The van der Waals surface area contributed by atoms with Gasteiger partial charge < -0.3 is 4.42 Å². The predicted octanol–water partition coefficient (Wildman–Crippen LogP) is 3.63. The molecule has 0 saturated carbocycles. The Morgan fingerprint density at radius 3 is 2.86 bits per heavy atom. The molecule has 3 N–H and O–H groups in total. The van der Waals surface area contributed by atoms with E-state index in [0.717, 1.165) is 27.7 Å². The van der Waals surface area contributed by atoms with Crippen LogP contribution in [-0.2, 0) is 6.42 Å². The topological polar surface area (TPSA) is 51.2 Å². The number of nitrogens with two attached hydrogens (primary N) is 1. The highest BCUT2D eigenvalue weighted by molar-refractivity contribution is 5.81. The van der Waals surface area contributed by atoms with Gasteiger partial charge in [0, 0.05) is 10.9 Å². The lowest BCUT2D eigenvalue weighted by Crippen LogP contribution is -2.29. The largest absolute Gasteiger partial charge is 0.464 e. The SMILES string of the molecule is Cc1ccc(F)cc1CC(NN)c1coc2ccccc12. The Hall–Kier alpha value is -2.17. The molecular weight excluding hydrogens is 267 g/mol. The first-order valence-electron chi connectivity index (χ1n) is 6.86. The van der Waals surface area contributed by atoms with Gasteiger partial charge in [0.05, 0.1) is 12.3 Å². The van der Waals surface area contributed by atoms with Crippen molar-refractivity contribution < 1.29 is 8.81 Å². The molecule has 1 heterocycles. The normalized spacial score (nSPS) is 12.7. The van der Waals surface area contributed by atoms with Crippen LogP contribution in [0.4, 0.5) is 4.39 Å². The van der Waals surface area contributed by atoms with Gasteiger partial charge in [-0.05, 0) is 42.7 Å². The Bertz CT molecular complexity index is 766. The molecule has 0 amide bonds. The van der Waals surface area contributed by atoms with Gasteiger partial charge in [0.25, 0.3) is 0 Å². The maximum absolute atomic E-state index is 13.4. The molecule has 0 spiro atoms. The Kier molecular flexibility index (Phi) is 3.73. The van der Waals surface area contributed by atoms with Crippen LogP contribution in [0.5, 0.6) is 0 Å². The number of hydrogen-bond donors (Lipinski definition) is 2. The molecular formula is C17H17FN2O. The smallest absolute Gasteiger partial charge is 0.134 e. The van der Waals surface area contributed by atoms with Crippen molar-refractivity contribution in [2.45, 2.75) is 19.4 Å². The highest BCUT2D eigenvalue weighted by Gasteiger charge is 2.17. The number of hydrogen-bond acceptors (Lipinski definition) is 3. The van der Waals surface area contributed by atoms with Gasteiger partial charge in [0.1, 0.15) is 11.4 Å². The maximum atomic E-state index is 13.4. The van der Waals surface area contributed by atoms with E-state index >= 15 is 0 Å². The van der Waals surface area contributed by atoms with Crippen molar-refractivity contribution in [2.24, 2.45) is 5.84 Å². The average Bonchev–Trinajstić information content (AvgIpc) is 2.92. The first-order valence-corrected chi connectivity index (χ1v) is 6.86. The number of para-hydroxylation sites is 1. The molecule has 1 unspecified atom stereocenters. The van der Waals surface area contributed by atoms with Crippen LogP contribution in [0, 0.1) is 12.7 Å². The molecule has 0 aliphatic carbocycles. The lowest BCUT2D eigenvalue weighted by Gasteiger charge is -2.16. The van der Waals surface area contributed by atoms with Crippen molar-refractivity contribution in [2.75, 3.05) is 0 Å². The quantitative estimate of drug-likeness (QED) is 0.568. The number of fused-ring (bicyclic) bond motifs is 1. The summed E-state index contributed by atoms with van der Waals surface area (Å²) in [5.41, 5.74) is 6.59. The van der Waals surface area contributed by atoms with E-state index < -0.39 is 0 Å². The second-order valence-corrected chi connectivity index (χ2v) is 5.18. The molecule has 2 aromatic carbocycles. The predicted molar refractivity (Wildman–Crippen MR) is 81.1 cm³/mol. The lowest BCUT2D eigenvalue weighted by atomic mass is 9.96.